The van der Waals surface area contributed by atoms with Gasteiger partial charge in [-0.2, -0.15) is 10.4 Å². The van der Waals surface area contributed by atoms with Crippen LogP contribution in [0, 0.1) is 11.3 Å². The zero-order valence-corrected chi connectivity index (χ0v) is 14.1. The Morgan fingerprint density at radius 2 is 2.32 bits per heavy atom. The molecule has 0 aliphatic carbocycles. The topological polar surface area (TPSA) is 74.5 Å². The molecular formula is C15H12BrN3O2S. The van der Waals surface area contributed by atoms with Crippen LogP contribution in [0.3, 0.4) is 0 Å². The van der Waals surface area contributed by atoms with Gasteiger partial charge in [0.15, 0.2) is 6.61 Å². The number of nitriles is 1. The van der Waals surface area contributed by atoms with Gasteiger partial charge in [0, 0.05) is 9.35 Å². The maximum Gasteiger partial charge on any atom is 0.277 e. The largest absolute Gasteiger partial charge is 0.482 e. The lowest BCUT2D eigenvalue weighted by Gasteiger charge is -2.07. The normalized spacial score (nSPS) is 10.9. The van der Waals surface area contributed by atoms with Gasteiger partial charge in [-0.15, -0.1) is 11.3 Å². The molecule has 0 radical (unpaired) electrons. The average molecular weight is 378 g/mol. The third kappa shape index (κ3) is 4.41. The number of thiophene rings is 1. The number of carbonyl (C=O) groups is 1. The van der Waals surface area contributed by atoms with Gasteiger partial charge in [0.25, 0.3) is 5.91 Å². The number of rotatable bonds is 5. The number of hydrogen-bond acceptors (Lipinski definition) is 5. The van der Waals surface area contributed by atoms with Crippen molar-refractivity contribution in [3.63, 3.8) is 0 Å². The number of halogens is 1. The van der Waals surface area contributed by atoms with Gasteiger partial charge in [0.2, 0.25) is 0 Å². The van der Waals surface area contributed by atoms with Crippen LogP contribution in [0.1, 0.15) is 17.4 Å². The van der Waals surface area contributed by atoms with Crippen LogP contribution in [0.25, 0.3) is 0 Å². The van der Waals surface area contributed by atoms with E-state index in [9.17, 15) is 4.79 Å². The zero-order chi connectivity index (χ0) is 15.9. The van der Waals surface area contributed by atoms with E-state index in [-0.39, 0.29) is 12.5 Å². The Balaban J connectivity index is 1.91. The van der Waals surface area contributed by atoms with Crippen molar-refractivity contribution in [3.05, 3.63) is 50.6 Å². The zero-order valence-electron chi connectivity index (χ0n) is 11.7. The molecule has 0 fully saturated rings. The molecule has 0 atom stereocenters. The molecule has 112 valence electrons. The number of carbonyl (C=O) groups excluding carboxylic acids is 1. The molecule has 0 unspecified atom stereocenters. The predicted octanol–water partition coefficient (Wildman–Crippen LogP) is 3.30. The number of nitrogens with one attached hydrogen (secondary N) is 1. The number of hydrogen-bond donors (Lipinski definition) is 1. The first-order chi connectivity index (χ1) is 10.6. The molecule has 0 bridgehead atoms. The summed E-state index contributed by atoms with van der Waals surface area (Å²) >= 11 is 4.82. The number of nitrogens with zero attached hydrogens (tertiary/aromatic N) is 2. The van der Waals surface area contributed by atoms with Crippen LogP contribution in [0.5, 0.6) is 5.75 Å². The molecule has 0 aliphatic rings. The monoisotopic (exact) mass is 377 g/mol. The Labute approximate surface area is 140 Å². The lowest BCUT2D eigenvalue weighted by Crippen LogP contribution is -2.25. The molecule has 1 N–H and O–H groups in total. The van der Waals surface area contributed by atoms with Crippen LogP contribution in [-0.2, 0) is 4.79 Å². The van der Waals surface area contributed by atoms with Crippen LogP contribution >= 0.6 is 27.3 Å². The lowest BCUT2D eigenvalue weighted by molar-refractivity contribution is -0.123. The summed E-state index contributed by atoms with van der Waals surface area (Å²) in [7, 11) is 0. The Morgan fingerprint density at radius 1 is 1.50 bits per heavy atom. The third-order valence-electron chi connectivity index (χ3n) is 2.65. The fourth-order valence-electron chi connectivity index (χ4n) is 1.58. The highest BCUT2D eigenvalue weighted by Crippen LogP contribution is 2.22. The van der Waals surface area contributed by atoms with Crippen molar-refractivity contribution < 1.29 is 9.53 Å². The molecule has 0 saturated heterocycles. The Morgan fingerprint density at radius 3 is 3.00 bits per heavy atom. The standard InChI is InChI=1S/C15H12BrN3O2S/c1-10(14-3-2-6-22-14)18-19-15(20)9-21-13-5-4-12(16)7-11(13)8-17/h2-7H,9H2,1H3,(H,19,20). The van der Waals surface area contributed by atoms with Crippen molar-refractivity contribution in [2.45, 2.75) is 6.92 Å². The summed E-state index contributed by atoms with van der Waals surface area (Å²) in [5.41, 5.74) is 3.52. The second kappa shape index (κ2) is 7.73. The lowest BCUT2D eigenvalue weighted by atomic mass is 10.2. The second-order valence-corrected chi connectivity index (χ2v) is 6.11. The van der Waals surface area contributed by atoms with Crippen LogP contribution < -0.4 is 10.2 Å². The SMILES string of the molecule is CC(=NNC(=O)COc1ccc(Br)cc1C#N)c1cccs1. The second-order valence-electron chi connectivity index (χ2n) is 4.25. The van der Waals surface area contributed by atoms with Crippen LogP contribution in [0.4, 0.5) is 0 Å². The van der Waals surface area contributed by atoms with Gasteiger partial charge >= 0.3 is 0 Å². The molecule has 1 heterocycles. The minimum Gasteiger partial charge on any atom is -0.482 e. The molecule has 2 aromatic rings. The van der Waals surface area contributed by atoms with E-state index in [4.69, 9.17) is 10.00 Å². The molecule has 0 saturated carbocycles. The van der Waals surface area contributed by atoms with E-state index in [2.05, 4.69) is 26.5 Å². The first-order valence-electron chi connectivity index (χ1n) is 6.29. The van der Waals surface area contributed by atoms with Gasteiger partial charge in [-0.3, -0.25) is 4.79 Å². The first kappa shape index (κ1) is 16.2. The molecule has 2 rings (SSSR count). The number of benzene rings is 1. The minimum absolute atomic E-state index is 0.211. The summed E-state index contributed by atoms with van der Waals surface area (Å²) in [6, 6.07) is 10.9. The van der Waals surface area contributed by atoms with Crippen molar-refractivity contribution in [1.29, 1.82) is 5.26 Å². The quantitative estimate of drug-likeness (QED) is 0.641. The van der Waals surface area contributed by atoms with E-state index in [0.717, 1.165) is 15.1 Å². The summed E-state index contributed by atoms with van der Waals surface area (Å²) in [4.78, 5) is 12.7. The summed E-state index contributed by atoms with van der Waals surface area (Å²) in [5, 5.41) is 15.0. The minimum atomic E-state index is -0.386. The molecule has 1 amide bonds. The van der Waals surface area contributed by atoms with E-state index in [1.165, 1.54) is 0 Å². The van der Waals surface area contributed by atoms with E-state index < -0.39 is 0 Å². The van der Waals surface area contributed by atoms with E-state index in [0.29, 0.717) is 11.3 Å². The van der Waals surface area contributed by atoms with Crippen LogP contribution in [0.15, 0.2) is 45.3 Å². The average Bonchev–Trinajstić information content (AvgIpc) is 3.05. The summed E-state index contributed by atoms with van der Waals surface area (Å²) in [6.45, 7) is 1.60. The van der Waals surface area contributed by atoms with E-state index in [1.54, 1.807) is 29.5 Å². The predicted molar refractivity (Wildman–Crippen MR) is 89.0 cm³/mol. The Bertz CT molecular complexity index is 736. The molecular weight excluding hydrogens is 366 g/mol. The van der Waals surface area contributed by atoms with Gasteiger partial charge in [0.05, 0.1) is 11.3 Å². The molecule has 1 aromatic carbocycles. The van der Waals surface area contributed by atoms with Crippen molar-refractivity contribution in [2.75, 3.05) is 6.61 Å². The number of hydrazone groups is 1. The first-order valence-corrected chi connectivity index (χ1v) is 7.97. The highest BCUT2D eigenvalue weighted by atomic mass is 79.9. The summed E-state index contributed by atoms with van der Waals surface area (Å²) < 4.78 is 6.12. The van der Waals surface area contributed by atoms with Gasteiger partial charge in [-0.25, -0.2) is 5.43 Å². The summed E-state index contributed by atoms with van der Waals surface area (Å²) in [5.74, 6) is -0.0254. The van der Waals surface area contributed by atoms with Gasteiger partial charge in [-0.05, 0) is 36.6 Å². The molecule has 0 aliphatic heterocycles. The number of ether oxygens (including phenoxy) is 1. The van der Waals surface area contributed by atoms with Gasteiger partial charge < -0.3 is 4.74 Å². The Hall–Kier alpha value is -2.17. The molecule has 1 aromatic heterocycles. The van der Waals surface area contributed by atoms with Crippen molar-refractivity contribution in [1.82, 2.24) is 5.43 Å². The highest BCUT2D eigenvalue weighted by molar-refractivity contribution is 9.10. The van der Waals surface area contributed by atoms with Gasteiger partial charge in [0.1, 0.15) is 11.8 Å². The number of amides is 1. The van der Waals surface area contributed by atoms with Gasteiger partial charge in [-0.1, -0.05) is 22.0 Å². The van der Waals surface area contributed by atoms with Crippen molar-refractivity contribution >= 4 is 38.9 Å². The molecule has 0 spiro atoms. The van der Waals surface area contributed by atoms with E-state index in [1.807, 2.05) is 30.5 Å². The van der Waals surface area contributed by atoms with Crippen molar-refractivity contribution in [2.24, 2.45) is 5.10 Å². The fraction of sp³-hybridized carbons (Fsp3) is 0.133. The molecule has 22 heavy (non-hydrogen) atoms. The van der Waals surface area contributed by atoms with Crippen LogP contribution in [0.2, 0.25) is 0 Å². The molecule has 5 nitrogen and oxygen atoms in total. The highest BCUT2D eigenvalue weighted by Gasteiger charge is 2.07. The molecule has 7 heteroatoms. The Kier molecular flexibility index (Phi) is 5.69. The maximum absolute atomic E-state index is 11.7. The van der Waals surface area contributed by atoms with Crippen LogP contribution in [-0.4, -0.2) is 18.2 Å². The fourth-order valence-corrected chi connectivity index (χ4v) is 2.61. The maximum atomic E-state index is 11.7. The smallest absolute Gasteiger partial charge is 0.277 e. The van der Waals surface area contributed by atoms with Crippen molar-refractivity contribution in [3.8, 4) is 11.8 Å². The van der Waals surface area contributed by atoms with E-state index >= 15 is 0 Å². The summed E-state index contributed by atoms with van der Waals surface area (Å²) in [6.07, 6.45) is 0. The third-order valence-corrected chi connectivity index (χ3v) is 4.12.